The molecule has 1 aromatic carbocycles. The first-order valence-corrected chi connectivity index (χ1v) is 9.73. The molecule has 1 aromatic rings. The van der Waals surface area contributed by atoms with Crippen molar-refractivity contribution in [3.05, 3.63) is 24.3 Å². The maximum atomic E-state index is 12.2. The number of alkyl halides is 3. The summed E-state index contributed by atoms with van der Waals surface area (Å²) in [6.45, 7) is 1.46. The number of carbonyl (C=O) groups excluding carboxylic acids is 2. The van der Waals surface area contributed by atoms with Crippen LogP contribution >= 0.6 is 0 Å². The van der Waals surface area contributed by atoms with Crippen LogP contribution in [0.15, 0.2) is 24.3 Å². The highest BCUT2D eigenvalue weighted by Crippen LogP contribution is 2.23. The molecule has 0 aliphatic heterocycles. The van der Waals surface area contributed by atoms with Crippen molar-refractivity contribution in [2.45, 2.75) is 19.3 Å². The number of nitrogens with zero attached hydrogens (tertiary/aromatic N) is 2. The molecule has 0 heterocycles. The summed E-state index contributed by atoms with van der Waals surface area (Å²) in [5.74, 6) is -2.16. The van der Waals surface area contributed by atoms with Crippen molar-refractivity contribution in [3.8, 4) is 11.9 Å². The van der Waals surface area contributed by atoms with Gasteiger partial charge in [-0.2, -0.15) is 5.26 Å². The predicted molar refractivity (Wildman–Crippen MR) is 91.8 cm³/mol. The lowest BCUT2D eigenvalue weighted by Crippen LogP contribution is -2.51. The highest BCUT2D eigenvalue weighted by Gasteiger charge is 2.31. The molecule has 1 atom stereocenters. The van der Waals surface area contributed by atoms with Gasteiger partial charge in [-0.05, 0) is 31.2 Å². The summed E-state index contributed by atoms with van der Waals surface area (Å²) >= 11 is 0. The van der Waals surface area contributed by atoms with Crippen molar-refractivity contribution < 1.29 is 35.9 Å². The number of ether oxygens (including phenoxy) is 1. The molecule has 3 amide bonds. The number of amides is 3. The van der Waals surface area contributed by atoms with E-state index in [1.165, 1.54) is 6.92 Å². The van der Waals surface area contributed by atoms with Gasteiger partial charge in [-0.1, -0.05) is 0 Å². The molecule has 0 aliphatic carbocycles. The van der Waals surface area contributed by atoms with Crippen LogP contribution in [0, 0.1) is 11.5 Å². The fourth-order valence-electron chi connectivity index (χ4n) is 2.01. The van der Waals surface area contributed by atoms with E-state index in [0.717, 1.165) is 30.5 Å². The third kappa shape index (κ3) is 8.12. The first-order valence-electron chi connectivity index (χ1n) is 7.66. The number of anilines is 1. The Morgan fingerprint density at radius 1 is 1.29 bits per heavy atom. The summed E-state index contributed by atoms with van der Waals surface area (Å²) in [6, 6.07) is 1.62. The molecule has 0 radical (unpaired) electrons. The van der Waals surface area contributed by atoms with Gasteiger partial charge in [0.15, 0.2) is 6.19 Å². The van der Waals surface area contributed by atoms with Crippen LogP contribution in [-0.4, -0.2) is 56.2 Å². The zero-order valence-electron chi connectivity index (χ0n) is 14.8. The Morgan fingerprint density at radius 3 is 2.29 bits per heavy atom. The third-order valence-corrected chi connectivity index (χ3v) is 4.06. The fraction of sp³-hybridized carbons (Fsp3) is 0.400. The Kier molecular flexibility index (Phi) is 7.62. The van der Waals surface area contributed by atoms with E-state index in [-0.39, 0.29) is 12.2 Å². The number of hydrogen-bond donors (Lipinski definition) is 2. The predicted octanol–water partition coefficient (Wildman–Crippen LogP) is 1.45. The van der Waals surface area contributed by atoms with Crippen LogP contribution in [0.1, 0.15) is 6.92 Å². The molecule has 0 bridgehead atoms. The van der Waals surface area contributed by atoms with Gasteiger partial charge in [0, 0.05) is 18.5 Å². The smallest absolute Gasteiger partial charge is 0.406 e. The molecule has 28 heavy (non-hydrogen) atoms. The summed E-state index contributed by atoms with van der Waals surface area (Å²) in [5.41, 5.74) is 0.0604. The minimum absolute atomic E-state index is 0.0282. The van der Waals surface area contributed by atoms with Gasteiger partial charge in [-0.25, -0.2) is 18.1 Å². The number of nitriles is 1. The summed E-state index contributed by atoms with van der Waals surface area (Å²) in [6.07, 6.45) is -2.43. The van der Waals surface area contributed by atoms with E-state index in [4.69, 9.17) is 5.26 Å². The first kappa shape index (κ1) is 23.0. The number of likely N-dealkylation sites (N-methyl/N-ethyl adjacent to an activating group) is 1. The Labute approximate surface area is 159 Å². The van der Waals surface area contributed by atoms with Gasteiger partial charge in [0.25, 0.3) is 5.91 Å². The van der Waals surface area contributed by atoms with E-state index in [1.807, 2.05) is 0 Å². The number of rotatable bonds is 7. The Bertz CT molecular complexity index is 850. The summed E-state index contributed by atoms with van der Waals surface area (Å²) in [7, 11) is -3.68. The molecular weight excluding hydrogens is 405 g/mol. The molecule has 0 saturated heterocycles. The molecule has 1 unspecified atom stereocenters. The summed E-state index contributed by atoms with van der Waals surface area (Å²) < 4.78 is 63.1. The molecule has 154 valence electrons. The molecule has 9 nitrogen and oxygen atoms in total. The maximum absolute atomic E-state index is 12.2. The number of carbonyl (C=O) groups is 2. The minimum atomic E-state index is -4.86. The molecule has 2 N–H and O–H groups in total. The van der Waals surface area contributed by atoms with Crippen molar-refractivity contribution in [1.29, 1.82) is 5.26 Å². The average Bonchev–Trinajstić information content (AvgIpc) is 2.54. The first-order chi connectivity index (χ1) is 12.8. The van der Waals surface area contributed by atoms with Crippen LogP contribution in [0.3, 0.4) is 0 Å². The van der Waals surface area contributed by atoms with Gasteiger partial charge < -0.3 is 15.4 Å². The number of hydrogen-bond acceptors (Lipinski definition) is 6. The second-order valence-corrected chi connectivity index (χ2v) is 7.68. The Balaban J connectivity index is 2.85. The highest BCUT2D eigenvalue weighted by atomic mass is 32.2. The van der Waals surface area contributed by atoms with Gasteiger partial charge >= 0.3 is 12.4 Å². The Hall–Kier alpha value is -3.01. The largest absolute Gasteiger partial charge is 0.573 e. The van der Waals surface area contributed by atoms with E-state index in [1.54, 1.807) is 6.19 Å². The zero-order chi connectivity index (χ0) is 21.5. The van der Waals surface area contributed by atoms with E-state index >= 15 is 0 Å². The summed E-state index contributed by atoms with van der Waals surface area (Å²) in [4.78, 5) is 24.9. The number of urea groups is 1. The van der Waals surface area contributed by atoms with Crippen LogP contribution in [0.25, 0.3) is 0 Å². The Morgan fingerprint density at radius 2 is 1.86 bits per heavy atom. The van der Waals surface area contributed by atoms with E-state index in [2.05, 4.69) is 15.4 Å². The fourth-order valence-corrected chi connectivity index (χ4v) is 2.84. The van der Waals surface area contributed by atoms with Gasteiger partial charge in [-0.3, -0.25) is 4.79 Å². The molecule has 0 fully saturated rings. The average molecular weight is 422 g/mol. The van der Waals surface area contributed by atoms with Crippen LogP contribution in [0.2, 0.25) is 0 Å². The van der Waals surface area contributed by atoms with E-state index in [0.29, 0.717) is 4.90 Å². The van der Waals surface area contributed by atoms with Crippen LogP contribution in [-0.2, 0) is 14.6 Å². The van der Waals surface area contributed by atoms with Crippen molar-refractivity contribution >= 4 is 27.5 Å². The maximum Gasteiger partial charge on any atom is 0.573 e. The minimum Gasteiger partial charge on any atom is -0.406 e. The standard InChI is InChI=1S/C15H17F3N4O5S/c1-3-22(9-19)13(23)12(8-28(2,25)26)21-14(24)20-10-4-6-11(7-5-10)27-15(16,17)18/h4-7,12H,3,8H2,1-2H3,(H2,20,21,24). The van der Waals surface area contributed by atoms with Gasteiger partial charge in [0.05, 0.1) is 5.75 Å². The van der Waals surface area contributed by atoms with E-state index in [9.17, 15) is 31.2 Å². The SMILES string of the molecule is CCN(C#N)C(=O)C(CS(C)(=O)=O)NC(=O)Nc1ccc(OC(F)(F)F)cc1. The molecule has 0 aliphatic rings. The van der Waals surface area contributed by atoms with Gasteiger partial charge in [0.2, 0.25) is 0 Å². The quantitative estimate of drug-likeness (QED) is 0.506. The normalized spacial score (nSPS) is 12.4. The van der Waals surface area contributed by atoms with Crippen LogP contribution < -0.4 is 15.4 Å². The van der Waals surface area contributed by atoms with Crippen LogP contribution in [0.5, 0.6) is 5.75 Å². The molecular formula is C15H17F3N4O5S. The van der Waals surface area contributed by atoms with Crippen molar-refractivity contribution in [1.82, 2.24) is 10.2 Å². The van der Waals surface area contributed by atoms with Crippen LogP contribution in [0.4, 0.5) is 23.7 Å². The number of sulfone groups is 1. The molecule has 13 heteroatoms. The van der Waals surface area contributed by atoms with E-state index < -0.39 is 45.7 Å². The number of halogens is 3. The van der Waals surface area contributed by atoms with Crippen molar-refractivity contribution in [2.75, 3.05) is 23.9 Å². The van der Waals surface area contributed by atoms with Gasteiger partial charge in [-0.15, -0.1) is 13.2 Å². The summed E-state index contributed by atoms with van der Waals surface area (Å²) in [5, 5.41) is 13.3. The topological polar surface area (TPSA) is 129 Å². The lowest BCUT2D eigenvalue weighted by molar-refractivity contribution is -0.274. The van der Waals surface area contributed by atoms with Crippen molar-refractivity contribution in [3.63, 3.8) is 0 Å². The monoisotopic (exact) mass is 422 g/mol. The zero-order valence-corrected chi connectivity index (χ0v) is 15.6. The second kappa shape index (κ2) is 9.27. The molecule has 0 spiro atoms. The number of nitrogens with one attached hydrogen (secondary N) is 2. The van der Waals surface area contributed by atoms with Gasteiger partial charge in [0.1, 0.15) is 21.6 Å². The lowest BCUT2D eigenvalue weighted by atomic mass is 10.3. The molecule has 0 saturated carbocycles. The van der Waals surface area contributed by atoms with Crippen molar-refractivity contribution in [2.24, 2.45) is 0 Å². The third-order valence-electron chi connectivity index (χ3n) is 3.12. The lowest BCUT2D eigenvalue weighted by Gasteiger charge is -2.21. The molecule has 1 rings (SSSR count). The highest BCUT2D eigenvalue weighted by molar-refractivity contribution is 7.90. The number of benzene rings is 1. The molecule has 0 aromatic heterocycles. The second-order valence-electron chi connectivity index (χ2n) is 5.50.